The molecular formula is C28H26F3N3O4. The van der Waals surface area contributed by atoms with Crippen LogP contribution in [0.4, 0.5) is 18.9 Å². The summed E-state index contributed by atoms with van der Waals surface area (Å²) in [7, 11) is 1.42. The van der Waals surface area contributed by atoms with Crippen molar-refractivity contribution in [2.45, 2.75) is 45.2 Å². The smallest absolute Gasteiger partial charge is 0.411 e. The average molecular weight is 526 g/mol. The Morgan fingerprint density at radius 3 is 2.24 bits per heavy atom. The number of ketones is 1. The molecule has 2 aliphatic rings. The maximum absolute atomic E-state index is 15.5. The van der Waals surface area contributed by atoms with Crippen LogP contribution in [0.2, 0.25) is 0 Å². The third-order valence-corrected chi connectivity index (χ3v) is 7.22. The van der Waals surface area contributed by atoms with Crippen molar-refractivity contribution in [2.75, 3.05) is 12.0 Å². The van der Waals surface area contributed by atoms with E-state index in [-0.39, 0.29) is 35.6 Å². The third-order valence-electron chi connectivity index (χ3n) is 7.22. The molecule has 1 amide bonds. The van der Waals surface area contributed by atoms with Gasteiger partial charge in [0.15, 0.2) is 5.78 Å². The maximum Gasteiger partial charge on any atom is 0.411 e. The van der Waals surface area contributed by atoms with Crippen LogP contribution in [-0.4, -0.2) is 34.8 Å². The summed E-state index contributed by atoms with van der Waals surface area (Å²) >= 11 is 0. The van der Waals surface area contributed by atoms with Crippen molar-refractivity contribution in [3.8, 4) is 11.4 Å². The highest BCUT2D eigenvalue weighted by atomic mass is 19.4. The third kappa shape index (κ3) is 3.53. The second-order valence-electron chi connectivity index (χ2n) is 10.4. The van der Waals surface area contributed by atoms with Gasteiger partial charge in [0.25, 0.3) is 11.5 Å². The molecule has 0 radical (unpaired) electrons. The van der Waals surface area contributed by atoms with Gasteiger partial charge in [-0.2, -0.15) is 13.2 Å². The van der Waals surface area contributed by atoms with Crippen LogP contribution < -0.4 is 15.2 Å². The second kappa shape index (κ2) is 8.47. The van der Waals surface area contributed by atoms with Crippen molar-refractivity contribution < 1.29 is 27.5 Å². The minimum absolute atomic E-state index is 0.0206. The number of benzene rings is 2. The number of aromatic amines is 1. The van der Waals surface area contributed by atoms with Crippen LogP contribution in [0.1, 0.15) is 37.9 Å². The first-order chi connectivity index (χ1) is 17.8. The Kier molecular flexibility index (Phi) is 5.70. The molecular weight excluding hydrogens is 499 g/mol. The molecule has 0 bridgehead atoms. The minimum Gasteiger partial charge on any atom is -0.497 e. The van der Waals surface area contributed by atoms with E-state index in [0.29, 0.717) is 5.75 Å². The highest BCUT2D eigenvalue weighted by Gasteiger charge is 2.73. The number of nitrogens with zero attached hydrogens (tertiary/aromatic N) is 2. The molecule has 198 valence electrons. The standard InChI is InChI=1S/C28H26F3N3O4/c1-16-22(24(36)34(32-16)18-11-8-12-19(13-18)38-4)27(28(29,30)31)23-20(14-26(2,3)15-21(23)35)33(25(27)37)17-9-6-5-7-10-17/h5-13,32H,14-15H2,1-4H3. The predicted molar refractivity (Wildman–Crippen MR) is 134 cm³/mol. The molecule has 5 rings (SSSR count). The van der Waals surface area contributed by atoms with E-state index in [1.165, 1.54) is 38.3 Å². The number of ether oxygens (including phenoxy) is 1. The van der Waals surface area contributed by atoms with Crippen LogP contribution in [0, 0.1) is 12.3 Å². The Balaban J connectivity index is 1.86. The summed E-state index contributed by atoms with van der Waals surface area (Å²) in [6, 6.07) is 14.1. The number of amides is 1. The van der Waals surface area contributed by atoms with Crippen molar-refractivity contribution in [3.05, 3.63) is 87.5 Å². The van der Waals surface area contributed by atoms with Crippen LogP contribution in [-0.2, 0) is 15.0 Å². The summed E-state index contributed by atoms with van der Waals surface area (Å²) in [5.74, 6) is -1.80. The zero-order valence-electron chi connectivity index (χ0n) is 21.3. The van der Waals surface area contributed by atoms with Gasteiger partial charge in [0.1, 0.15) is 5.75 Å². The fraction of sp³-hybridized carbons (Fsp3) is 0.321. The van der Waals surface area contributed by atoms with Crippen LogP contribution >= 0.6 is 0 Å². The second-order valence-corrected chi connectivity index (χ2v) is 10.4. The van der Waals surface area contributed by atoms with Gasteiger partial charge in [-0.05, 0) is 43.0 Å². The molecule has 0 spiro atoms. The molecule has 3 aromatic rings. The highest BCUT2D eigenvalue weighted by molar-refractivity contribution is 6.20. The molecule has 1 atom stereocenters. The number of para-hydroxylation sites is 1. The topological polar surface area (TPSA) is 84.4 Å². The Bertz CT molecular complexity index is 1550. The number of aromatic nitrogens is 2. The Morgan fingerprint density at radius 1 is 0.947 bits per heavy atom. The molecule has 0 fully saturated rings. The number of alkyl halides is 3. The number of nitrogens with one attached hydrogen (secondary N) is 1. The summed E-state index contributed by atoms with van der Waals surface area (Å²) < 4.78 is 52.5. The van der Waals surface area contributed by atoms with Crippen LogP contribution in [0.3, 0.4) is 0 Å². The SMILES string of the molecule is COc1cccc(-n2[nH]c(C)c(C3(C(F)(F)F)C(=O)N(c4ccccc4)C4=C3C(=O)CC(C)(C)C4)c2=O)c1. The van der Waals surface area contributed by atoms with Gasteiger partial charge in [-0.3, -0.25) is 24.4 Å². The zero-order valence-corrected chi connectivity index (χ0v) is 21.3. The average Bonchev–Trinajstić information content (AvgIpc) is 3.28. The van der Waals surface area contributed by atoms with Crippen molar-refractivity contribution >= 4 is 17.4 Å². The summed E-state index contributed by atoms with van der Waals surface area (Å²) in [5.41, 5.74) is -6.46. The van der Waals surface area contributed by atoms with Crippen LogP contribution in [0.5, 0.6) is 5.75 Å². The minimum atomic E-state index is -5.29. The molecule has 38 heavy (non-hydrogen) atoms. The fourth-order valence-electron chi connectivity index (χ4n) is 5.71. The lowest BCUT2D eigenvalue weighted by atomic mass is 9.66. The molecule has 2 aromatic carbocycles. The highest BCUT2D eigenvalue weighted by Crippen LogP contribution is 2.58. The lowest BCUT2D eigenvalue weighted by Gasteiger charge is -2.35. The van der Waals surface area contributed by atoms with E-state index in [4.69, 9.17) is 4.74 Å². The fourth-order valence-corrected chi connectivity index (χ4v) is 5.71. The molecule has 1 aromatic heterocycles. The van der Waals surface area contributed by atoms with Gasteiger partial charge in [-0.25, -0.2) is 4.68 Å². The van der Waals surface area contributed by atoms with E-state index in [1.54, 1.807) is 44.2 Å². The number of anilines is 1. The number of hydrogen-bond acceptors (Lipinski definition) is 4. The molecule has 1 N–H and O–H groups in total. The van der Waals surface area contributed by atoms with E-state index >= 15 is 13.2 Å². The maximum atomic E-state index is 15.5. The van der Waals surface area contributed by atoms with E-state index in [9.17, 15) is 14.4 Å². The Morgan fingerprint density at radius 2 is 1.61 bits per heavy atom. The number of hydrogen-bond donors (Lipinski definition) is 1. The number of Topliss-reactive ketones (excluding diaryl/α,β-unsaturated/α-hetero) is 1. The van der Waals surface area contributed by atoms with Crippen molar-refractivity contribution in [1.29, 1.82) is 0 Å². The van der Waals surface area contributed by atoms with E-state index < -0.39 is 45.4 Å². The monoisotopic (exact) mass is 525 g/mol. The quantitative estimate of drug-likeness (QED) is 0.521. The summed E-state index contributed by atoms with van der Waals surface area (Å²) in [4.78, 5) is 42.5. The Hall–Kier alpha value is -4.08. The van der Waals surface area contributed by atoms with Gasteiger partial charge < -0.3 is 4.74 Å². The lowest BCUT2D eigenvalue weighted by molar-refractivity contribution is -0.184. The van der Waals surface area contributed by atoms with Crippen molar-refractivity contribution in [3.63, 3.8) is 0 Å². The van der Waals surface area contributed by atoms with Gasteiger partial charge in [0.2, 0.25) is 5.41 Å². The first-order valence-corrected chi connectivity index (χ1v) is 12.0. The summed E-state index contributed by atoms with van der Waals surface area (Å²) in [6.07, 6.45) is -5.42. The van der Waals surface area contributed by atoms with Gasteiger partial charge in [0.05, 0.1) is 18.4 Å². The molecule has 0 saturated carbocycles. The number of methoxy groups -OCH3 is 1. The molecule has 10 heteroatoms. The van der Waals surface area contributed by atoms with Crippen molar-refractivity contribution in [2.24, 2.45) is 5.41 Å². The number of rotatable bonds is 4. The molecule has 1 unspecified atom stereocenters. The first-order valence-electron chi connectivity index (χ1n) is 12.0. The lowest BCUT2D eigenvalue weighted by Crippen LogP contribution is -2.55. The molecule has 2 heterocycles. The van der Waals surface area contributed by atoms with Gasteiger partial charge in [-0.15, -0.1) is 0 Å². The number of carbonyl (C=O) groups is 2. The predicted octanol–water partition coefficient (Wildman–Crippen LogP) is 4.97. The Labute approximate surface area is 216 Å². The van der Waals surface area contributed by atoms with Gasteiger partial charge >= 0.3 is 6.18 Å². The number of halogens is 3. The van der Waals surface area contributed by atoms with E-state index in [1.807, 2.05) is 0 Å². The van der Waals surface area contributed by atoms with Crippen LogP contribution in [0.15, 0.2) is 70.7 Å². The van der Waals surface area contributed by atoms with Gasteiger partial charge in [-0.1, -0.05) is 38.1 Å². The normalized spacial score (nSPS) is 21.2. The number of carbonyl (C=O) groups excluding carboxylic acids is 2. The van der Waals surface area contributed by atoms with Crippen LogP contribution in [0.25, 0.3) is 5.69 Å². The van der Waals surface area contributed by atoms with Gasteiger partial charge in [0, 0.05) is 35.1 Å². The largest absolute Gasteiger partial charge is 0.497 e. The molecule has 1 aliphatic carbocycles. The molecule has 7 nitrogen and oxygen atoms in total. The zero-order chi connectivity index (χ0) is 27.6. The van der Waals surface area contributed by atoms with Crippen molar-refractivity contribution in [1.82, 2.24) is 9.78 Å². The number of H-pyrrole nitrogens is 1. The van der Waals surface area contributed by atoms with E-state index in [0.717, 1.165) is 9.58 Å². The number of aryl methyl sites for hydroxylation is 1. The number of allylic oxidation sites excluding steroid dienone is 1. The van der Waals surface area contributed by atoms with E-state index in [2.05, 4.69) is 5.10 Å². The summed E-state index contributed by atoms with van der Waals surface area (Å²) in [5, 5.41) is 2.70. The molecule has 1 aliphatic heterocycles. The molecule has 0 saturated heterocycles. The first kappa shape index (κ1) is 25.6. The summed E-state index contributed by atoms with van der Waals surface area (Å²) in [6.45, 7) is 4.84.